The zero-order chi connectivity index (χ0) is 11.8. The Kier molecular flexibility index (Phi) is 2.94. The van der Waals surface area contributed by atoms with Crippen molar-refractivity contribution in [3.63, 3.8) is 0 Å². The third-order valence-corrected chi connectivity index (χ3v) is 3.36. The second kappa shape index (κ2) is 4.10. The van der Waals surface area contributed by atoms with Gasteiger partial charge in [-0.3, -0.25) is 0 Å². The van der Waals surface area contributed by atoms with Crippen molar-refractivity contribution in [1.29, 1.82) is 0 Å². The van der Waals surface area contributed by atoms with Crippen molar-refractivity contribution in [3.8, 4) is 0 Å². The van der Waals surface area contributed by atoms with Crippen LogP contribution in [0.25, 0.3) is 0 Å². The number of sulfone groups is 1. The van der Waals surface area contributed by atoms with Crippen molar-refractivity contribution >= 4 is 9.84 Å². The summed E-state index contributed by atoms with van der Waals surface area (Å²) in [5.41, 5.74) is 2.99. The lowest BCUT2D eigenvalue weighted by Gasteiger charge is -2.18. The number of nitrogens with zero attached hydrogens (tertiary/aromatic N) is 2. The third-order valence-electron chi connectivity index (χ3n) is 2.58. The van der Waals surface area contributed by atoms with E-state index in [4.69, 9.17) is 0 Å². The monoisotopic (exact) mass is 241 g/mol. The molecule has 0 radical (unpaired) electrons. The second-order valence-corrected chi connectivity index (χ2v) is 6.29. The van der Waals surface area contributed by atoms with Crippen LogP contribution < -0.4 is 5.32 Å². The second-order valence-electron chi connectivity index (χ2n) is 4.15. The van der Waals surface area contributed by atoms with Gasteiger partial charge in [0.2, 0.25) is 0 Å². The molecular formula is C10H15N3O2S. The van der Waals surface area contributed by atoms with Crippen LogP contribution in [-0.4, -0.2) is 31.2 Å². The molecule has 0 aliphatic carbocycles. The molecule has 16 heavy (non-hydrogen) atoms. The van der Waals surface area contributed by atoms with Gasteiger partial charge in [-0.1, -0.05) is 0 Å². The Labute approximate surface area is 95.2 Å². The van der Waals surface area contributed by atoms with Crippen LogP contribution in [0.4, 0.5) is 0 Å². The van der Waals surface area contributed by atoms with Gasteiger partial charge in [0.05, 0.1) is 5.69 Å². The van der Waals surface area contributed by atoms with Gasteiger partial charge >= 0.3 is 0 Å². The van der Waals surface area contributed by atoms with E-state index in [0.29, 0.717) is 5.82 Å². The molecule has 1 aromatic rings. The summed E-state index contributed by atoms with van der Waals surface area (Å²) in [5, 5.41) is 3.25. The van der Waals surface area contributed by atoms with Gasteiger partial charge in [0.1, 0.15) is 11.6 Å². The highest BCUT2D eigenvalue weighted by Crippen LogP contribution is 2.15. The van der Waals surface area contributed by atoms with Gasteiger partial charge in [-0.05, 0) is 6.92 Å². The topological polar surface area (TPSA) is 72.0 Å². The molecule has 2 rings (SSSR count). The fourth-order valence-corrected chi connectivity index (χ4v) is 2.47. The highest BCUT2D eigenvalue weighted by Gasteiger charge is 2.16. The van der Waals surface area contributed by atoms with E-state index >= 15 is 0 Å². The summed E-state index contributed by atoms with van der Waals surface area (Å²) in [6, 6.07) is 0. The Balaban J connectivity index is 2.39. The van der Waals surface area contributed by atoms with Crippen molar-refractivity contribution < 1.29 is 8.42 Å². The zero-order valence-corrected chi connectivity index (χ0v) is 10.3. The lowest BCUT2D eigenvalue weighted by molar-refractivity contribution is 0.596. The van der Waals surface area contributed by atoms with E-state index in [-0.39, 0.29) is 5.75 Å². The summed E-state index contributed by atoms with van der Waals surface area (Å²) < 4.78 is 22.4. The lowest BCUT2D eigenvalue weighted by Crippen LogP contribution is -2.26. The molecule has 1 N–H and O–H groups in total. The molecule has 0 unspecified atom stereocenters. The van der Waals surface area contributed by atoms with Crippen LogP contribution in [0.5, 0.6) is 0 Å². The first kappa shape index (κ1) is 11.5. The van der Waals surface area contributed by atoms with Crippen molar-refractivity contribution in [2.75, 3.05) is 12.8 Å². The molecule has 0 spiro atoms. The number of aromatic nitrogens is 2. The summed E-state index contributed by atoms with van der Waals surface area (Å²) in [4.78, 5) is 8.57. The molecule has 0 aromatic carbocycles. The van der Waals surface area contributed by atoms with E-state index in [9.17, 15) is 8.42 Å². The third kappa shape index (κ3) is 2.56. The number of rotatable bonds is 2. The maximum absolute atomic E-state index is 11.2. The highest BCUT2D eigenvalue weighted by molar-refractivity contribution is 7.89. The average molecular weight is 241 g/mol. The zero-order valence-electron chi connectivity index (χ0n) is 9.45. The normalized spacial score (nSPS) is 15.9. The van der Waals surface area contributed by atoms with Crippen LogP contribution in [-0.2, 0) is 28.6 Å². The molecule has 0 saturated carbocycles. The summed E-state index contributed by atoms with van der Waals surface area (Å²) >= 11 is 0. The molecule has 5 nitrogen and oxygen atoms in total. The van der Waals surface area contributed by atoms with Crippen LogP contribution in [0.2, 0.25) is 0 Å². The van der Waals surface area contributed by atoms with Gasteiger partial charge < -0.3 is 5.32 Å². The molecule has 1 aromatic heterocycles. The molecule has 0 amide bonds. The first-order valence-corrected chi connectivity index (χ1v) is 7.25. The van der Waals surface area contributed by atoms with E-state index in [1.807, 2.05) is 6.92 Å². The predicted octanol–water partition coefficient (Wildman–Crippen LogP) is -0.0247. The Morgan fingerprint density at radius 3 is 2.81 bits per heavy atom. The maximum Gasteiger partial charge on any atom is 0.154 e. The Hall–Kier alpha value is -1.01. The SMILES string of the molecule is Cc1nc(CS(C)(=O)=O)nc2c1CNCC2. The van der Waals surface area contributed by atoms with Gasteiger partial charge in [-0.15, -0.1) is 0 Å². The van der Waals surface area contributed by atoms with E-state index in [1.165, 1.54) is 6.26 Å². The summed E-state index contributed by atoms with van der Waals surface area (Å²) in [5.74, 6) is 0.342. The summed E-state index contributed by atoms with van der Waals surface area (Å²) in [7, 11) is -3.06. The standard InChI is InChI=1S/C10H15N3O2S/c1-7-8-5-11-4-3-9(8)13-10(12-7)6-16(2,14)15/h11H,3-6H2,1-2H3. The largest absolute Gasteiger partial charge is 0.312 e. The van der Waals surface area contributed by atoms with Crippen molar-refractivity contribution in [2.24, 2.45) is 0 Å². The Morgan fingerprint density at radius 2 is 2.12 bits per heavy atom. The highest BCUT2D eigenvalue weighted by atomic mass is 32.2. The first-order chi connectivity index (χ1) is 7.46. The van der Waals surface area contributed by atoms with Crippen LogP contribution in [0.1, 0.15) is 22.8 Å². The van der Waals surface area contributed by atoms with Gasteiger partial charge in [0, 0.05) is 37.0 Å². The molecule has 0 atom stereocenters. The Bertz CT molecular complexity index is 511. The van der Waals surface area contributed by atoms with Crippen molar-refractivity contribution in [2.45, 2.75) is 25.6 Å². The fraction of sp³-hybridized carbons (Fsp3) is 0.600. The molecule has 6 heteroatoms. The van der Waals surface area contributed by atoms with Crippen LogP contribution >= 0.6 is 0 Å². The van der Waals surface area contributed by atoms with E-state index in [1.54, 1.807) is 0 Å². The molecule has 0 fully saturated rings. The van der Waals surface area contributed by atoms with E-state index in [2.05, 4.69) is 15.3 Å². The lowest BCUT2D eigenvalue weighted by atomic mass is 10.1. The van der Waals surface area contributed by atoms with Gasteiger partial charge in [-0.2, -0.15) is 0 Å². The minimum atomic E-state index is -3.06. The molecule has 1 aliphatic rings. The molecule has 0 saturated heterocycles. The van der Waals surface area contributed by atoms with Crippen LogP contribution in [0.15, 0.2) is 0 Å². The maximum atomic E-state index is 11.2. The molecule has 2 heterocycles. The van der Waals surface area contributed by atoms with Gasteiger partial charge in [0.15, 0.2) is 9.84 Å². The van der Waals surface area contributed by atoms with Crippen LogP contribution in [0.3, 0.4) is 0 Å². The number of aryl methyl sites for hydroxylation is 1. The number of fused-ring (bicyclic) bond motifs is 1. The molecule has 0 bridgehead atoms. The fourth-order valence-electron chi connectivity index (χ4n) is 1.87. The molecule has 88 valence electrons. The van der Waals surface area contributed by atoms with Crippen molar-refractivity contribution in [1.82, 2.24) is 15.3 Å². The molecular weight excluding hydrogens is 226 g/mol. The minimum absolute atomic E-state index is 0.0749. The minimum Gasteiger partial charge on any atom is -0.312 e. The smallest absolute Gasteiger partial charge is 0.154 e. The van der Waals surface area contributed by atoms with Crippen molar-refractivity contribution in [3.05, 3.63) is 22.8 Å². The summed E-state index contributed by atoms with van der Waals surface area (Å²) in [6.07, 6.45) is 2.04. The van der Waals surface area contributed by atoms with Crippen LogP contribution in [0, 0.1) is 6.92 Å². The molecule has 1 aliphatic heterocycles. The first-order valence-electron chi connectivity index (χ1n) is 5.19. The average Bonchev–Trinajstić information content (AvgIpc) is 2.15. The number of hydrogen-bond donors (Lipinski definition) is 1. The van der Waals surface area contributed by atoms with E-state index < -0.39 is 9.84 Å². The van der Waals surface area contributed by atoms with E-state index in [0.717, 1.165) is 36.5 Å². The number of nitrogens with one attached hydrogen (secondary N) is 1. The Morgan fingerprint density at radius 1 is 1.38 bits per heavy atom. The number of hydrogen-bond acceptors (Lipinski definition) is 5. The van der Waals surface area contributed by atoms with Gasteiger partial charge in [-0.25, -0.2) is 18.4 Å². The summed E-state index contributed by atoms with van der Waals surface area (Å²) in [6.45, 7) is 3.57. The van der Waals surface area contributed by atoms with Gasteiger partial charge in [0.25, 0.3) is 0 Å². The predicted molar refractivity (Wildman–Crippen MR) is 60.7 cm³/mol. The quantitative estimate of drug-likeness (QED) is 0.787.